The third-order valence-corrected chi connectivity index (χ3v) is 4.78. The second-order valence-electron chi connectivity index (χ2n) is 6.48. The summed E-state index contributed by atoms with van der Waals surface area (Å²) in [4.78, 5) is 26.0. The van der Waals surface area contributed by atoms with Crippen molar-refractivity contribution in [3.8, 4) is 16.9 Å². The summed E-state index contributed by atoms with van der Waals surface area (Å²) in [5.41, 5.74) is 2.06. The zero-order chi connectivity index (χ0) is 19.7. The summed E-state index contributed by atoms with van der Waals surface area (Å²) >= 11 is 0. The number of hydrogen-bond acceptors (Lipinski definition) is 5. The molecule has 7 heteroatoms. The fourth-order valence-corrected chi connectivity index (χ4v) is 3.37. The number of aliphatic carboxylic acids is 1. The van der Waals surface area contributed by atoms with Crippen molar-refractivity contribution in [2.24, 2.45) is 0 Å². The smallest absolute Gasteiger partial charge is 0.334 e. The lowest BCUT2D eigenvalue weighted by atomic mass is 10.0. The van der Waals surface area contributed by atoms with Gasteiger partial charge in [-0.2, -0.15) is 0 Å². The quantitative estimate of drug-likeness (QED) is 0.747. The molecule has 1 aromatic heterocycles. The Morgan fingerprint density at radius 1 is 1.18 bits per heavy atom. The van der Waals surface area contributed by atoms with Crippen molar-refractivity contribution in [3.63, 3.8) is 0 Å². The van der Waals surface area contributed by atoms with Crippen LogP contribution >= 0.6 is 0 Å². The van der Waals surface area contributed by atoms with E-state index in [1.807, 2.05) is 42.5 Å². The Morgan fingerprint density at radius 2 is 1.96 bits per heavy atom. The molecule has 0 aliphatic carbocycles. The molecule has 2 heterocycles. The van der Waals surface area contributed by atoms with Gasteiger partial charge < -0.3 is 23.9 Å². The number of benzene rings is 2. The fraction of sp³-hybridized carbons (Fsp3) is 0.238. The zero-order valence-electron chi connectivity index (χ0n) is 15.3. The van der Waals surface area contributed by atoms with Gasteiger partial charge >= 0.3 is 5.97 Å². The minimum absolute atomic E-state index is 0.0250. The van der Waals surface area contributed by atoms with Crippen LogP contribution < -0.4 is 4.74 Å². The topological polar surface area (TPSA) is 89.2 Å². The molecule has 1 amide bonds. The van der Waals surface area contributed by atoms with E-state index in [1.54, 1.807) is 13.2 Å². The molecule has 0 bridgehead atoms. The lowest BCUT2D eigenvalue weighted by Gasteiger charge is -2.30. The number of fused-ring (bicyclic) bond motifs is 1. The molecule has 28 heavy (non-hydrogen) atoms. The zero-order valence-corrected chi connectivity index (χ0v) is 15.3. The molecule has 1 N–H and O–H groups in total. The van der Waals surface area contributed by atoms with Gasteiger partial charge in [-0.1, -0.05) is 30.3 Å². The van der Waals surface area contributed by atoms with Crippen molar-refractivity contribution in [1.29, 1.82) is 0 Å². The lowest BCUT2D eigenvalue weighted by molar-refractivity contribution is -0.154. The van der Waals surface area contributed by atoms with E-state index < -0.39 is 12.1 Å². The van der Waals surface area contributed by atoms with Crippen molar-refractivity contribution >= 4 is 22.8 Å². The van der Waals surface area contributed by atoms with Crippen LogP contribution in [0.25, 0.3) is 22.1 Å². The van der Waals surface area contributed by atoms with Gasteiger partial charge in [-0.15, -0.1) is 0 Å². The summed E-state index contributed by atoms with van der Waals surface area (Å²) < 4.78 is 16.4. The minimum Gasteiger partial charge on any atom is -0.497 e. The normalized spacial score (nSPS) is 16.9. The number of carboxylic acid groups (broad SMARTS) is 1. The van der Waals surface area contributed by atoms with Gasteiger partial charge in [-0.25, -0.2) is 4.79 Å². The molecule has 1 saturated heterocycles. The first-order valence-electron chi connectivity index (χ1n) is 8.88. The Kier molecular flexibility index (Phi) is 4.75. The molecule has 1 aliphatic heterocycles. The molecule has 144 valence electrons. The largest absolute Gasteiger partial charge is 0.497 e. The average molecular weight is 381 g/mol. The maximum atomic E-state index is 13.2. The number of ether oxygens (including phenoxy) is 2. The maximum absolute atomic E-state index is 13.2. The van der Waals surface area contributed by atoms with Crippen molar-refractivity contribution < 1.29 is 28.6 Å². The van der Waals surface area contributed by atoms with Crippen LogP contribution in [0.4, 0.5) is 0 Å². The first kappa shape index (κ1) is 18.1. The van der Waals surface area contributed by atoms with Gasteiger partial charge in [0.15, 0.2) is 6.10 Å². The Bertz CT molecular complexity index is 1030. The van der Waals surface area contributed by atoms with Crippen LogP contribution in [-0.2, 0) is 9.53 Å². The van der Waals surface area contributed by atoms with Crippen LogP contribution in [0.1, 0.15) is 10.6 Å². The third kappa shape index (κ3) is 3.20. The third-order valence-electron chi connectivity index (χ3n) is 4.78. The van der Waals surface area contributed by atoms with Gasteiger partial charge in [-0.05, 0) is 17.7 Å². The van der Waals surface area contributed by atoms with E-state index in [9.17, 15) is 14.7 Å². The number of hydrogen-bond donors (Lipinski definition) is 1. The molecule has 0 radical (unpaired) electrons. The molecule has 4 rings (SSSR count). The second-order valence-corrected chi connectivity index (χ2v) is 6.48. The SMILES string of the molecule is COc1ccc2c(-c3ccccc3)c(C(=O)N3CCOC(C(=O)O)C3)oc2c1. The fourth-order valence-electron chi connectivity index (χ4n) is 3.37. The number of rotatable bonds is 4. The van der Waals surface area contributed by atoms with Crippen LogP contribution in [0, 0.1) is 0 Å². The number of amides is 1. The van der Waals surface area contributed by atoms with E-state index in [4.69, 9.17) is 13.9 Å². The van der Waals surface area contributed by atoms with Crippen LogP contribution in [0.2, 0.25) is 0 Å². The maximum Gasteiger partial charge on any atom is 0.334 e. The molecule has 1 aliphatic rings. The number of carbonyl (C=O) groups is 2. The minimum atomic E-state index is -1.09. The predicted molar refractivity (Wildman–Crippen MR) is 101 cm³/mol. The van der Waals surface area contributed by atoms with E-state index >= 15 is 0 Å². The number of methoxy groups -OCH3 is 1. The van der Waals surface area contributed by atoms with E-state index in [1.165, 1.54) is 4.90 Å². The van der Waals surface area contributed by atoms with Gasteiger partial charge in [0, 0.05) is 23.6 Å². The van der Waals surface area contributed by atoms with Gasteiger partial charge in [0.25, 0.3) is 5.91 Å². The molecule has 7 nitrogen and oxygen atoms in total. The summed E-state index contributed by atoms with van der Waals surface area (Å²) in [5, 5.41) is 10.0. The van der Waals surface area contributed by atoms with Crippen molar-refractivity contribution in [1.82, 2.24) is 4.90 Å². The van der Waals surface area contributed by atoms with Crippen LogP contribution in [0.3, 0.4) is 0 Å². The Hall–Kier alpha value is -3.32. The molecule has 3 aromatic rings. The van der Waals surface area contributed by atoms with Crippen LogP contribution in [0.15, 0.2) is 52.9 Å². The highest BCUT2D eigenvalue weighted by Gasteiger charge is 2.33. The molecule has 0 saturated carbocycles. The first-order chi connectivity index (χ1) is 13.6. The number of morpholine rings is 1. The molecule has 1 atom stereocenters. The van der Waals surface area contributed by atoms with Crippen molar-refractivity contribution in [3.05, 3.63) is 54.3 Å². The molecule has 1 unspecified atom stereocenters. The van der Waals surface area contributed by atoms with E-state index in [0.29, 0.717) is 23.4 Å². The van der Waals surface area contributed by atoms with Crippen molar-refractivity contribution in [2.75, 3.05) is 26.8 Å². The Labute approximate surface area is 161 Å². The highest BCUT2D eigenvalue weighted by molar-refractivity contribution is 6.08. The number of carbonyl (C=O) groups excluding carboxylic acids is 1. The van der Waals surface area contributed by atoms with E-state index in [0.717, 1.165) is 10.9 Å². The monoisotopic (exact) mass is 381 g/mol. The number of carboxylic acids is 1. The number of furan rings is 1. The summed E-state index contributed by atoms with van der Waals surface area (Å²) in [5.74, 6) is -0.642. The molecular weight excluding hydrogens is 362 g/mol. The van der Waals surface area contributed by atoms with Crippen LogP contribution in [-0.4, -0.2) is 54.8 Å². The van der Waals surface area contributed by atoms with Gasteiger partial charge in [0.05, 0.1) is 20.3 Å². The van der Waals surface area contributed by atoms with E-state index in [2.05, 4.69) is 0 Å². The molecule has 2 aromatic carbocycles. The summed E-state index contributed by atoms with van der Waals surface area (Å²) in [6, 6.07) is 14.9. The second kappa shape index (κ2) is 7.36. The Morgan fingerprint density at radius 3 is 2.68 bits per heavy atom. The molecular formula is C21H19NO6. The van der Waals surface area contributed by atoms with Gasteiger partial charge in [0.1, 0.15) is 11.3 Å². The summed E-state index contributed by atoms with van der Waals surface area (Å²) in [6.45, 7) is 0.442. The van der Waals surface area contributed by atoms with Gasteiger partial charge in [0.2, 0.25) is 5.76 Å². The van der Waals surface area contributed by atoms with Crippen molar-refractivity contribution in [2.45, 2.75) is 6.10 Å². The summed E-state index contributed by atoms with van der Waals surface area (Å²) in [7, 11) is 1.56. The number of nitrogens with zero attached hydrogens (tertiary/aromatic N) is 1. The lowest BCUT2D eigenvalue weighted by Crippen LogP contribution is -2.48. The van der Waals surface area contributed by atoms with Gasteiger partial charge in [-0.3, -0.25) is 4.79 Å². The highest BCUT2D eigenvalue weighted by Crippen LogP contribution is 2.37. The molecule has 1 fully saturated rings. The van der Waals surface area contributed by atoms with Crippen LogP contribution in [0.5, 0.6) is 5.75 Å². The Balaban J connectivity index is 1.81. The molecule has 0 spiro atoms. The summed E-state index contributed by atoms with van der Waals surface area (Å²) in [6.07, 6.45) is -1.04. The average Bonchev–Trinajstić information content (AvgIpc) is 3.12. The standard InChI is InChI=1S/C21H19NO6/c1-26-14-7-8-15-16(11-14)28-19(18(15)13-5-3-2-4-6-13)20(23)22-9-10-27-17(12-22)21(24)25/h2-8,11,17H,9-10,12H2,1H3,(H,24,25). The predicted octanol–water partition coefficient (Wildman–Crippen LogP) is 3.03. The highest BCUT2D eigenvalue weighted by atomic mass is 16.5. The first-order valence-corrected chi connectivity index (χ1v) is 8.88. The van der Waals surface area contributed by atoms with E-state index in [-0.39, 0.29) is 24.8 Å².